The van der Waals surface area contributed by atoms with Gasteiger partial charge in [-0.2, -0.15) is 9.97 Å². The largest absolute Gasteiger partial charge is 0.368 e. The Morgan fingerprint density at radius 2 is 2.04 bits per heavy atom. The molecule has 9 nitrogen and oxygen atoms in total. The van der Waals surface area contributed by atoms with Gasteiger partial charge in [0, 0.05) is 12.8 Å². The molecule has 0 spiro atoms. The van der Waals surface area contributed by atoms with Crippen LogP contribution in [0.4, 0.5) is 14.7 Å². The number of nitrogens with two attached hydrogens (primary N) is 1. The second-order valence-electron chi connectivity index (χ2n) is 6.28. The Morgan fingerprint density at radius 3 is 2.68 bits per heavy atom. The lowest BCUT2D eigenvalue weighted by Crippen LogP contribution is -2.25. The monoisotopic (exact) mass is 439 g/mol. The zero-order valence-electron chi connectivity index (χ0n) is 15.3. The Morgan fingerprint density at radius 1 is 1.36 bits per heavy atom. The van der Waals surface area contributed by atoms with Gasteiger partial charge in [0.2, 0.25) is 5.95 Å². The first kappa shape index (κ1) is 21.3. The SMILES string of the molecule is CCOP(=O)(CO[C@H]1C[C@@H](n2cnc3c(Cl)nc(N)nc32)C(F)(F)C1)OCC. The second kappa shape index (κ2) is 8.16. The first-order valence-electron chi connectivity index (χ1n) is 8.72. The summed E-state index contributed by atoms with van der Waals surface area (Å²) in [6.07, 6.45) is -0.603. The maximum Gasteiger partial charge on any atom is 0.356 e. The summed E-state index contributed by atoms with van der Waals surface area (Å²) >= 11 is 5.96. The number of fused-ring (bicyclic) bond motifs is 1. The molecule has 1 aliphatic rings. The summed E-state index contributed by atoms with van der Waals surface area (Å²) in [7, 11) is -3.49. The molecule has 2 heterocycles. The van der Waals surface area contributed by atoms with Crippen molar-refractivity contribution in [3.63, 3.8) is 0 Å². The molecule has 2 aromatic heterocycles. The predicted octanol–water partition coefficient (Wildman–Crippen LogP) is 3.64. The van der Waals surface area contributed by atoms with Crippen LogP contribution in [0.2, 0.25) is 5.15 Å². The van der Waals surface area contributed by atoms with Crippen LogP contribution in [0.25, 0.3) is 11.2 Å². The number of nitrogens with zero attached hydrogens (tertiary/aromatic N) is 4. The Bertz CT molecular complexity index is 889. The lowest BCUT2D eigenvalue weighted by Gasteiger charge is -2.20. The predicted molar refractivity (Wildman–Crippen MR) is 98.6 cm³/mol. The number of nitrogen functional groups attached to an aromatic ring is 1. The number of rotatable bonds is 8. The third kappa shape index (κ3) is 4.28. The number of hydrogen-bond donors (Lipinski definition) is 1. The summed E-state index contributed by atoms with van der Waals surface area (Å²) in [4.78, 5) is 11.8. The minimum Gasteiger partial charge on any atom is -0.368 e. The average Bonchev–Trinajstić information content (AvgIpc) is 3.13. The second-order valence-corrected chi connectivity index (χ2v) is 8.63. The van der Waals surface area contributed by atoms with Gasteiger partial charge in [0.1, 0.15) is 17.9 Å². The Hall–Kier alpha value is -1.39. The zero-order valence-corrected chi connectivity index (χ0v) is 17.0. The van der Waals surface area contributed by atoms with Crippen molar-refractivity contribution in [2.45, 2.75) is 44.8 Å². The minimum absolute atomic E-state index is 0.00951. The molecule has 0 radical (unpaired) electrons. The fraction of sp³-hybridized carbons (Fsp3) is 0.667. The molecule has 0 unspecified atom stereocenters. The van der Waals surface area contributed by atoms with Crippen LogP contribution in [-0.2, 0) is 18.3 Å². The van der Waals surface area contributed by atoms with Gasteiger partial charge in [-0.05, 0) is 13.8 Å². The highest BCUT2D eigenvalue weighted by atomic mass is 35.5. The van der Waals surface area contributed by atoms with Gasteiger partial charge in [-0.3, -0.25) is 4.57 Å². The van der Waals surface area contributed by atoms with Gasteiger partial charge in [-0.15, -0.1) is 0 Å². The van der Waals surface area contributed by atoms with Crippen molar-refractivity contribution in [1.29, 1.82) is 0 Å². The standard InChI is InChI=1S/C15H21ClF2N5O4P/c1-3-26-28(24,27-4-2)8-25-9-5-10(15(17,18)6-9)23-7-20-11-12(16)21-14(19)22-13(11)23/h7,9-10H,3-6,8H2,1-2H3,(H2,19,21,22)/t9-,10+/m0/s1. The highest BCUT2D eigenvalue weighted by Crippen LogP contribution is 2.51. The average molecular weight is 440 g/mol. The van der Waals surface area contributed by atoms with Crippen LogP contribution in [0.3, 0.4) is 0 Å². The van der Waals surface area contributed by atoms with Crippen LogP contribution in [-0.4, -0.2) is 51.1 Å². The van der Waals surface area contributed by atoms with E-state index >= 15 is 0 Å². The molecule has 13 heteroatoms. The van der Waals surface area contributed by atoms with Crippen molar-refractivity contribution < 1.29 is 27.1 Å². The number of anilines is 1. The van der Waals surface area contributed by atoms with Gasteiger partial charge in [0.15, 0.2) is 10.8 Å². The number of alkyl halides is 2. The Kier molecular flexibility index (Phi) is 6.21. The van der Waals surface area contributed by atoms with E-state index in [2.05, 4.69) is 15.0 Å². The van der Waals surface area contributed by atoms with Gasteiger partial charge in [-0.1, -0.05) is 11.6 Å². The summed E-state index contributed by atoms with van der Waals surface area (Å²) in [6.45, 7) is 3.64. The van der Waals surface area contributed by atoms with Crippen molar-refractivity contribution >= 4 is 36.3 Å². The maximum absolute atomic E-state index is 14.7. The van der Waals surface area contributed by atoms with E-state index in [9.17, 15) is 13.3 Å². The molecule has 0 aromatic carbocycles. The van der Waals surface area contributed by atoms with Gasteiger partial charge in [0.05, 0.1) is 25.6 Å². The summed E-state index contributed by atoms with van der Waals surface area (Å²) < 4.78 is 58.8. The fourth-order valence-electron chi connectivity index (χ4n) is 3.22. The number of imidazole rings is 1. The van der Waals surface area contributed by atoms with E-state index in [1.807, 2.05) is 0 Å². The molecule has 0 aliphatic heterocycles. The van der Waals surface area contributed by atoms with Gasteiger partial charge >= 0.3 is 7.60 Å². The molecule has 0 saturated heterocycles. The molecule has 1 saturated carbocycles. The Balaban J connectivity index is 1.79. The molecule has 1 aliphatic carbocycles. The Labute approximate surface area is 165 Å². The van der Waals surface area contributed by atoms with Crippen LogP contribution in [0, 0.1) is 0 Å². The highest BCUT2D eigenvalue weighted by Gasteiger charge is 2.51. The molecule has 0 bridgehead atoms. The third-order valence-electron chi connectivity index (χ3n) is 4.33. The number of halogens is 3. The normalized spacial score (nSPS) is 22.2. The van der Waals surface area contributed by atoms with E-state index < -0.39 is 38.4 Å². The van der Waals surface area contributed by atoms with Crippen molar-refractivity contribution in [2.24, 2.45) is 0 Å². The summed E-state index contributed by atoms with van der Waals surface area (Å²) in [6, 6.07) is -1.27. The maximum atomic E-state index is 14.7. The summed E-state index contributed by atoms with van der Waals surface area (Å²) in [5.41, 5.74) is 5.89. The molecule has 28 heavy (non-hydrogen) atoms. The molecule has 0 amide bonds. The summed E-state index contributed by atoms with van der Waals surface area (Å²) in [5.74, 6) is -3.24. The smallest absolute Gasteiger partial charge is 0.356 e. The zero-order chi connectivity index (χ0) is 20.5. The van der Waals surface area contributed by atoms with Crippen molar-refractivity contribution in [3.05, 3.63) is 11.5 Å². The first-order valence-corrected chi connectivity index (χ1v) is 10.8. The molecule has 156 valence electrons. The van der Waals surface area contributed by atoms with E-state index in [-0.39, 0.29) is 41.9 Å². The molecular formula is C15H21ClF2N5O4P. The van der Waals surface area contributed by atoms with E-state index in [0.717, 1.165) is 0 Å². The lowest BCUT2D eigenvalue weighted by molar-refractivity contribution is -0.0402. The number of ether oxygens (including phenoxy) is 1. The van der Waals surface area contributed by atoms with Crippen LogP contribution in [0.5, 0.6) is 0 Å². The van der Waals surface area contributed by atoms with Crippen molar-refractivity contribution in [2.75, 3.05) is 25.3 Å². The minimum atomic E-state index is -3.49. The van der Waals surface area contributed by atoms with Gasteiger partial charge < -0.3 is 24.1 Å². The topological polar surface area (TPSA) is 114 Å². The van der Waals surface area contributed by atoms with E-state index in [1.54, 1.807) is 13.8 Å². The molecule has 3 rings (SSSR count). The van der Waals surface area contributed by atoms with Crippen LogP contribution >= 0.6 is 19.2 Å². The fourth-order valence-corrected chi connectivity index (χ4v) is 4.84. The van der Waals surface area contributed by atoms with Gasteiger partial charge in [0.25, 0.3) is 5.92 Å². The van der Waals surface area contributed by atoms with Crippen LogP contribution < -0.4 is 5.73 Å². The van der Waals surface area contributed by atoms with E-state index in [1.165, 1.54) is 10.9 Å². The highest BCUT2D eigenvalue weighted by molar-refractivity contribution is 7.53. The first-order chi connectivity index (χ1) is 13.2. The van der Waals surface area contributed by atoms with Crippen molar-refractivity contribution in [1.82, 2.24) is 19.5 Å². The number of hydrogen-bond acceptors (Lipinski definition) is 8. The van der Waals surface area contributed by atoms with E-state index in [4.69, 9.17) is 31.1 Å². The number of aromatic nitrogens is 4. The lowest BCUT2D eigenvalue weighted by atomic mass is 10.2. The molecule has 1 fully saturated rings. The quantitative estimate of drug-likeness (QED) is 0.489. The summed E-state index contributed by atoms with van der Waals surface area (Å²) in [5, 5.41) is -0.00951. The molecule has 2 atom stereocenters. The molecule has 2 aromatic rings. The third-order valence-corrected chi connectivity index (χ3v) is 6.36. The van der Waals surface area contributed by atoms with Gasteiger partial charge in [-0.25, -0.2) is 13.8 Å². The van der Waals surface area contributed by atoms with Crippen LogP contribution in [0.15, 0.2) is 6.33 Å². The van der Waals surface area contributed by atoms with Crippen LogP contribution in [0.1, 0.15) is 32.7 Å². The molecule has 2 N–H and O–H groups in total. The van der Waals surface area contributed by atoms with Crippen molar-refractivity contribution in [3.8, 4) is 0 Å². The van der Waals surface area contributed by atoms with E-state index in [0.29, 0.717) is 0 Å². The molecular weight excluding hydrogens is 419 g/mol.